The Balaban J connectivity index is 1.61. The van der Waals surface area contributed by atoms with Crippen molar-refractivity contribution in [3.8, 4) is 5.75 Å². The quantitative estimate of drug-likeness (QED) is 0.317. The number of phosphoric ester groups is 1. The number of amides is 1. The van der Waals surface area contributed by atoms with Crippen molar-refractivity contribution in [2.24, 2.45) is 0 Å². The molecule has 3 aromatic rings. The van der Waals surface area contributed by atoms with Crippen LogP contribution in [0.25, 0.3) is 0 Å². The number of fused-ring (bicyclic) bond motifs is 4. The summed E-state index contributed by atoms with van der Waals surface area (Å²) in [6, 6.07) is 10.0. The number of rotatable bonds is 5. The van der Waals surface area contributed by atoms with E-state index in [1.165, 1.54) is 33.6 Å². The van der Waals surface area contributed by atoms with Crippen molar-refractivity contribution < 1.29 is 41.6 Å². The summed E-state index contributed by atoms with van der Waals surface area (Å²) in [5.41, 5.74) is 0.653. The van der Waals surface area contributed by atoms with Crippen LogP contribution < -0.4 is 15.2 Å². The summed E-state index contributed by atoms with van der Waals surface area (Å²) in [5, 5.41) is 1.70. The number of phosphoric acid groups is 1. The number of carbonyl (C=O) groups is 1. The van der Waals surface area contributed by atoms with Crippen molar-refractivity contribution in [1.29, 1.82) is 0 Å². The fraction of sp³-hybridized carbons (Fsp3) is 0.259. The first kappa shape index (κ1) is 28.6. The fourth-order valence-corrected chi connectivity index (χ4v) is 6.95. The van der Waals surface area contributed by atoms with Crippen LogP contribution in [0, 0.1) is 11.6 Å². The van der Waals surface area contributed by atoms with Crippen molar-refractivity contribution in [2.45, 2.75) is 35.7 Å². The van der Waals surface area contributed by atoms with Gasteiger partial charge in [-0.25, -0.2) is 22.3 Å². The van der Waals surface area contributed by atoms with Gasteiger partial charge in [-0.3, -0.25) is 19.3 Å². The van der Waals surface area contributed by atoms with Gasteiger partial charge in [-0.15, -0.1) is 11.8 Å². The second-order valence-corrected chi connectivity index (χ2v) is 12.1. The normalized spacial score (nSPS) is 20.9. The number of halogens is 3. The summed E-state index contributed by atoms with van der Waals surface area (Å²) < 4.78 is 65.9. The molecule has 2 aromatic carbocycles. The average Bonchev–Trinajstić information content (AvgIpc) is 3.13. The molecule has 1 fully saturated rings. The highest BCUT2D eigenvalue weighted by molar-refractivity contribution is 7.98. The highest BCUT2D eigenvalue weighted by atomic mass is 32.2. The molecule has 1 aromatic heterocycles. The minimum Gasteiger partial charge on any atom is -0.460 e. The number of ether oxygens (including phenoxy) is 1. The van der Waals surface area contributed by atoms with Crippen LogP contribution in [0.2, 0.25) is 0 Å². The molecule has 1 saturated heterocycles. The molecule has 15 heteroatoms. The molecule has 0 radical (unpaired) electrons. The van der Waals surface area contributed by atoms with E-state index in [4.69, 9.17) is 14.5 Å². The summed E-state index contributed by atoms with van der Waals surface area (Å²) in [7, 11) is -4.97. The van der Waals surface area contributed by atoms with E-state index in [2.05, 4.69) is 4.52 Å². The molecule has 220 valence electrons. The third-order valence-corrected chi connectivity index (χ3v) is 9.04. The molecule has 10 nitrogen and oxygen atoms in total. The van der Waals surface area contributed by atoms with E-state index in [1.807, 2.05) is 18.2 Å². The van der Waals surface area contributed by atoms with E-state index >= 15 is 4.39 Å². The third-order valence-electron chi connectivity index (χ3n) is 7.49. The number of piperidine rings is 1. The molecule has 0 aliphatic carbocycles. The van der Waals surface area contributed by atoms with Crippen molar-refractivity contribution in [2.75, 3.05) is 18.3 Å². The maximum Gasteiger partial charge on any atom is 0.472 e. The van der Waals surface area contributed by atoms with Gasteiger partial charge in [0.05, 0.1) is 12.4 Å². The number of nitrogens with zero attached hydrogens (tertiary/aromatic N) is 3. The van der Waals surface area contributed by atoms with E-state index in [-0.39, 0.29) is 36.4 Å². The maximum atomic E-state index is 15.3. The Morgan fingerprint density at radius 2 is 1.88 bits per heavy atom. The summed E-state index contributed by atoms with van der Waals surface area (Å²) >= 11 is 1.32. The molecule has 1 amide bonds. The number of hydrogen-bond acceptors (Lipinski definition) is 7. The minimum atomic E-state index is -4.97. The standard InChI is InChI=1S/C27H23F3N3O7PS/c28-12-15-7-9-31-22(11-15)33(32-10-8-20(34)26(25(32)27(31)35)39-14-40-41(36,37)38)24-16-5-6-19(29)23(30)18(16)13-42-21-4-2-1-3-17(21)24/h1-6,8,10,12,22,24H,7,9,11,13-14H2,(H2,36,37,38)/b15-12+/t22-,24+/m1/s1. The highest BCUT2D eigenvalue weighted by Gasteiger charge is 2.46. The van der Waals surface area contributed by atoms with Crippen LogP contribution in [-0.4, -0.2) is 44.8 Å². The number of thioether (sulfide) groups is 1. The van der Waals surface area contributed by atoms with Gasteiger partial charge in [0.1, 0.15) is 6.17 Å². The molecule has 4 heterocycles. The third kappa shape index (κ3) is 4.92. The zero-order valence-corrected chi connectivity index (χ0v) is 23.4. The molecule has 0 unspecified atom stereocenters. The second-order valence-electron chi connectivity index (χ2n) is 9.82. The summed E-state index contributed by atoms with van der Waals surface area (Å²) in [6.07, 6.45) is 1.31. The lowest BCUT2D eigenvalue weighted by molar-refractivity contribution is 0.0483. The van der Waals surface area contributed by atoms with Gasteiger partial charge in [0.2, 0.25) is 18.0 Å². The van der Waals surface area contributed by atoms with Gasteiger partial charge in [-0.2, -0.15) is 0 Å². The lowest BCUT2D eigenvalue weighted by Crippen LogP contribution is -2.64. The molecule has 3 aliphatic rings. The molecular weight excluding hydrogens is 598 g/mol. The molecule has 0 saturated carbocycles. The van der Waals surface area contributed by atoms with Gasteiger partial charge < -0.3 is 19.4 Å². The first-order chi connectivity index (χ1) is 20.1. The molecule has 6 rings (SSSR count). The van der Waals surface area contributed by atoms with Gasteiger partial charge in [0.15, 0.2) is 17.3 Å². The highest BCUT2D eigenvalue weighted by Crippen LogP contribution is 2.46. The largest absolute Gasteiger partial charge is 0.472 e. The second kappa shape index (κ2) is 10.9. The Morgan fingerprint density at radius 3 is 2.64 bits per heavy atom. The van der Waals surface area contributed by atoms with Crippen molar-refractivity contribution in [3.63, 3.8) is 0 Å². The SMILES string of the molecule is O=C1c2c(OCOP(=O)(O)O)c(=O)ccn2N([C@@H]2c3ccccc3SCc3c2ccc(F)c3F)[C@@H]2C/C(=C/F)CCN12. The van der Waals surface area contributed by atoms with Crippen molar-refractivity contribution in [3.05, 3.63) is 105 Å². The maximum absolute atomic E-state index is 15.3. The first-order valence-corrected chi connectivity index (χ1v) is 15.3. The van der Waals surface area contributed by atoms with Crippen molar-refractivity contribution >= 4 is 25.5 Å². The van der Waals surface area contributed by atoms with Crippen LogP contribution in [0.3, 0.4) is 0 Å². The van der Waals surface area contributed by atoms with Gasteiger partial charge in [-0.1, -0.05) is 24.3 Å². The van der Waals surface area contributed by atoms with Gasteiger partial charge >= 0.3 is 7.82 Å². The number of benzene rings is 2. The van der Waals surface area contributed by atoms with E-state index in [9.17, 15) is 22.9 Å². The molecule has 42 heavy (non-hydrogen) atoms. The molecule has 3 aliphatic heterocycles. The van der Waals surface area contributed by atoms with E-state index in [0.29, 0.717) is 23.0 Å². The van der Waals surface area contributed by atoms with Gasteiger partial charge in [-0.05, 0) is 35.3 Å². The fourth-order valence-electron chi connectivity index (χ4n) is 5.65. The molecule has 0 spiro atoms. The zero-order valence-electron chi connectivity index (χ0n) is 21.7. The Labute approximate surface area is 241 Å². The zero-order chi connectivity index (χ0) is 29.8. The number of pyridine rings is 1. The van der Waals surface area contributed by atoms with Crippen LogP contribution in [0.1, 0.15) is 46.1 Å². The predicted molar refractivity (Wildman–Crippen MR) is 145 cm³/mol. The monoisotopic (exact) mass is 621 g/mol. The van der Waals surface area contributed by atoms with E-state index < -0.39 is 55.5 Å². The molecule has 2 atom stereocenters. The van der Waals surface area contributed by atoms with Gasteiger partial charge in [0, 0.05) is 41.4 Å². The molecular formula is C27H23F3N3O7PS. The van der Waals surface area contributed by atoms with Crippen LogP contribution in [0.15, 0.2) is 70.3 Å². The lowest BCUT2D eigenvalue weighted by atomic mass is 9.91. The topological polar surface area (TPSA) is 122 Å². The molecule has 2 N–H and O–H groups in total. The summed E-state index contributed by atoms with van der Waals surface area (Å²) in [5.74, 6) is -3.06. The summed E-state index contributed by atoms with van der Waals surface area (Å²) in [6.45, 7) is -0.955. The number of carbonyl (C=O) groups excluding carboxylic acids is 1. The Kier molecular flexibility index (Phi) is 7.44. The smallest absolute Gasteiger partial charge is 0.460 e. The van der Waals surface area contributed by atoms with Gasteiger partial charge in [0.25, 0.3) is 5.91 Å². The van der Waals surface area contributed by atoms with Crippen molar-refractivity contribution in [1.82, 2.24) is 9.58 Å². The summed E-state index contributed by atoms with van der Waals surface area (Å²) in [4.78, 5) is 47.2. The van der Waals surface area contributed by atoms with Crippen LogP contribution in [0.5, 0.6) is 5.75 Å². The minimum absolute atomic E-state index is 0.0744. The van der Waals surface area contributed by atoms with Crippen LogP contribution >= 0.6 is 19.6 Å². The average molecular weight is 622 g/mol. The first-order valence-electron chi connectivity index (χ1n) is 12.7. The Morgan fingerprint density at radius 1 is 1.10 bits per heavy atom. The van der Waals surface area contributed by atoms with E-state index in [1.54, 1.807) is 11.1 Å². The Hall–Kier alpha value is -3.55. The number of aromatic nitrogens is 1. The Bertz CT molecular complexity index is 1730. The van der Waals surface area contributed by atoms with E-state index in [0.717, 1.165) is 17.0 Å². The predicted octanol–water partition coefficient (Wildman–Crippen LogP) is 4.33. The van der Waals surface area contributed by atoms with Crippen LogP contribution in [-0.2, 0) is 14.8 Å². The number of hydrogen-bond donors (Lipinski definition) is 2. The lowest BCUT2D eigenvalue weighted by Gasteiger charge is -2.52. The molecule has 0 bridgehead atoms. The van der Waals surface area contributed by atoms with Crippen LogP contribution in [0.4, 0.5) is 13.2 Å².